The van der Waals surface area contributed by atoms with Crippen LogP contribution in [-0.2, 0) is 32.0 Å². The molecule has 24 heteroatoms. The summed E-state index contributed by atoms with van der Waals surface area (Å²) in [5.74, 6) is 0.0217. The lowest BCUT2D eigenvalue weighted by Crippen LogP contribution is -2.35. The Kier molecular flexibility index (Phi) is 9.50. The second-order valence-corrected chi connectivity index (χ2v) is 12.6. The molecule has 0 radical (unpaired) electrons. The number of nitrogens with one attached hydrogen (secondary N) is 1. The summed E-state index contributed by atoms with van der Waals surface area (Å²) in [5.41, 5.74) is -0.911. The number of benzene rings is 1. The van der Waals surface area contributed by atoms with Crippen molar-refractivity contribution in [2.75, 3.05) is 13.2 Å². The molecule has 10 atom stereocenters. The number of ether oxygens (including phenoxy) is 3. The van der Waals surface area contributed by atoms with Gasteiger partial charge in [0.05, 0.1) is 30.8 Å². The number of nitro groups is 1. The van der Waals surface area contributed by atoms with Gasteiger partial charge in [0, 0.05) is 12.1 Å². The summed E-state index contributed by atoms with van der Waals surface area (Å²) < 4.78 is 55.5. The summed E-state index contributed by atoms with van der Waals surface area (Å²) in [6, 6.07) is 4.64. The average molecular weight is 681 g/mol. The number of rotatable bonds is 12. The van der Waals surface area contributed by atoms with Gasteiger partial charge < -0.3 is 49.4 Å². The molecule has 246 valence electrons. The van der Waals surface area contributed by atoms with Gasteiger partial charge in [0.1, 0.15) is 42.4 Å². The average Bonchev–Trinajstić information content (AvgIpc) is 3.61. The van der Waals surface area contributed by atoms with E-state index in [4.69, 9.17) is 14.2 Å². The maximum absolute atomic E-state index is 12.4. The Labute approximate surface area is 249 Å². The first-order chi connectivity index (χ1) is 21.2. The number of phosphoric ester groups is 2. The molecular formula is C21H25N5O17P2. The third kappa shape index (κ3) is 7.28. The van der Waals surface area contributed by atoms with E-state index in [1.54, 1.807) is 0 Å². The van der Waals surface area contributed by atoms with Crippen molar-refractivity contribution in [3.8, 4) is 5.75 Å². The number of imidazole rings is 1. The lowest BCUT2D eigenvalue weighted by molar-refractivity contribution is -0.384. The molecule has 4 unspecified atom stereocenters. The number of aromatic nitrogens is 4. The van der Waals surface area contributed by atoms with E-state index in [0.717, 1.165) is 29.4 Å². The van der Waals surface area contributed by atoms with Crippen LogP contribution < -0.4 is 10.3 Å². The van der Waals surface area contributed by atoms with Crippen molar-refractivity contribution in [2.24, 2.45) is 0 Å². The van der Waals surface area contributed by atoms with Crippen molar-refractivity contribution in [2.45, 2.75) is 49.1 Å². The van der Waals surface area contributed by atoms with Gasteiger partial charge in [-0.2, -0.15) is 4.31 Å². The number of fused-ring (bicyclic) bond motifs is 1. The van der Waals surface area contributed by atoms with Crippen LogP contribution in [0.4, 0.5) is 5.69 Å². The van der Waals surface area contributed by atoms with Gasteiger partial charge in [-0.3, -0.25) is 28.5 Å². The summed E-state index contributed by atoms with van der Waals surface area (Å²) in [6.45, 7) is -1.90. The first-order valence-electron chi connectivity index (χ1n) is 12.7. The van der Waals surface area contributed by atoms with E-state index in [2.05, 4.69) is 28.3 Å². The van der Waals surface area contributed by atoms with Crippen LogP contribution in [0.1, 0.15) is 6.23 Å². The standard InChI is InChI=1S/C21H25N5O17P2/c27-14-11(41-20(16(14)29)25-8-24-13-18(25)22-7-23-19(13)31)5-38-44(34,35)43-45(36,37)39-6-12-15(28)17(30)21(42-12)40-10-3-1-9(2-4-10)26(32)33/h1-4,7-8,11-12,14-17,20-21,27-30H,5-6H2,(H,34,35)(H,36,37)(H,22,23,31)/t11-,12?,14-,15-,16-,17-,20?,21+/m1/s1. The summed E-state index contributed by atoms with van der Waals surface area (Å²) in [5, 5.41) is 52.0. The minimum atomic E-state index is -5.41. The largest absolute Gasteiger partial charge is 0.481 e. The third-order valence-electron chi connectivity index (χ3n) is 6.61. The Morgan fingerprint density at radius 3 is 2.16 bits per heavy atom. The molecule has 2 aliphatic rings. The molecule has 3 aromatic rings. The van der Waals surface area contributed by atoms with Crippen LogP contribution in [0, 0.1) is 10.1 Å². The summed E-state index contributed by atoms with van der Waals surface area (Å²) >= 11 is 0. The van der Waals surface area contributed by atoms with Gasteiger partial charge in [0.2, 0.25) is 6.29 Å². The van der Waals surface area contributed by atoms with E-state index < -0.39 is 88.5 Å². The number of aliphatic hydroxyl groups excluding tert-OH is 4. The van der Waals surface area contributed by atoms with Crippen LogP contribution >= 0.6 is 15.6 Å². The second kappa shape index (κ2) is 12.9. The lowest BCUT2D eigenvalue weighted by Gasteiger charge is -2.20. The predicted octanol–water partition coefficient (Wildman–Crippen LogP) is -1.58. The Balaban J connectivity index is 1.13. The van der Waals surface area contributed by atoms with E-state index in [1.807, 2.05) is 0 Å². The molecule has 0 saturated carbocycles. The Morgan fingerprint density at radius 2 is 1.53 bits per heavy atom. The fourth-order valence-electron chi connectivity index (χ4n) is 4.39. The zero-order valence-electron chi connectivity index (χ0n) is 22.4. The Hall–Kier alpha value is -3.21. The van der Waals surface area contributed by atoms with Crippen molar-refractivity contribution in [3.05, 3.63) is 57.4 Å². The van der Waals surface area contributed by atoms with E-state index in [-0.39, 0.29) is 22.6 Å². The minimum Gasteiger partial charge on any atom is -0.462 e. The van der Waals surface area contributed by atoms with E-state index in [1.165, 1.54) is 12.1 Å². The number of non-ortho nitro benzene ring substituents is 1. The Bertz CT molecular complexity index is 1690. The van der Waals surface area contributed by atoms with Gasteiger partial charge in [-0.05, 0) is 12.1 Å². The van der Waals surface area contributed by atoms with Crippen molar-refractivity contribution in [1.29, 1.82) is 0 Å². The molecule has 2 aliphatic heterocycles. The molecule has 45 heavy (non-hydrogen) atoms. The van der Waals surface area contributed by atoms with E-state index >= 15 is 0 Å². The Morgan fingerprint density at radius 1 is 0.933 bits per heavy atom. The highest BCUT2D eigenvalue weighted by molar-refractivity contribution is 7.61. The fourth-order valence-corrected chi connectivity index (χ4v) is 6.48. The van der Waals surface area contributed by atoms with Crippen LogP contribution in [0.15, 0.2) is 41.7 Å². The number of nitrogens with zero attached hydrogens (tertiary/aromatic N) is 4. The first-order valence-corrected chi connectivity index (χ1v) is 15.7. The monoisotopic (exact) mass is 681 g/mol. The highest BCUT2D eigenvalue weighted by atomic mass is 31.3. The normalized spacial score (nSPS) is 31.1. The summed E-state index contributed by atoms with van der Waals surface area (Å²) in [7, 11) is -10.8. The van der Waals surface area contributed by atoms with Gasteiger partial charge in [-0.1, -0.05) is 0 Å². The molecule has 5 rings (SSSR count). The van der Waals surface area contributed by atoms with Crippen LogP contribution in [0.3, 0.4) is 0 Å². The molecule has 2 aromatic heterocycles. The van der Waals surface area contributed by atoms with Crippen LogP contribution in [0.25, 0.3) is 11.2 Å². The van der Waals surface area contributed by atoms with Crippen LogP contribution in [0.2, 0.25) is 0 Å². The van der Waals surface area contributed by atoms with E-state index in [0.29, 0.717) is 0 Å². The van der Waals surface area contributed by atoms with Gasteiger partial charge in [-0.15, -0.1) is 0 Å². The SMILES string of the molecule is O=c1[nH]cnc2c1ncn2C1O[C@H](COP(=O)(O)OP(=O)(O)OCC2O[C@H](Oc3ccc([N+](=O)[O-])cc3)[C@H](O)[C@@H]2O)[C@@H](O)[C@H]1O. The third-order valence-corrected chi connectivity index (χ3v) is 9.21. The number of aliphatic hydroxyl groups is 4. The molecule has 0 amide bonds. The van der Waals surface area contributed by atoms with Gasteiger partial charge in [0.15, 0.2) is 17.4 Å². The molecule has 1 aromatic carbocycles. The van der Waals surface area contributed by atoms with Crippen molar-refractivity contribution in [3.63, 3.8) is 0 Å². The zero-order chi connectivity index (χ0) is 32.7. The number of hydrogen-bond donors (Lipinski definition) is 7. The number of hydrogen-bond acceptors (Lipinski definition) is 17. The van der Waals surface area contributed by atoms with Crippen LogP contribution in [-0.4, -0.2) is 111 Å². The summed E-state index contributed by atoms with van der Waals surface area (Å²) in [4.78, 5) is 52.1. The number of aromatic amines is 1. The molecule has 4 heterocycles. The minimum absolute atomic E-state index is 0.000732. The highest BCUT2D eigenvalue weighted by Crippen LogP contribution is 2.60. The van der Waals surface area contributed by atoms with Gasteiger partial charge >= 0.3 is 15.6 Å². The van der Waals surface area contributed by atoms with Crippen molar-refractivity contribution in [1.82, 2.24) is 19.5 Å². The molecule has 22 nitrogen and oxygen atoms in total. The van der Waals surface area contributed by atoms with Crippen molar-refractivity contribution >= 4 is 32.5 Å². The molecule has 2 saturated heterocycles. The maximum Gasteiger partial charge on any atom is 0.481 e. The highest BCUT2D eigenvalue weighted by Gasteiger charge is 2.48. The topological polar surface area (TPSA) is 318 Å². The van der Waals surface area contributed by atoms with E-state index in [9.17, 15) is 54.3 Å². The molecular weight excluding hydrogens is 656 g/mol. The molecule has 0 spiro atoms. The molecule has 7 N–H and O–H groups in total. The first kappa shape index (κ1) is 33.2. The number of H-pyrrole nitrogens is 1. The zero-order valence-corrected chi connectivity index (χ0v) is 24.1. The van der Waals surface area contributed by atoms with Crippen LogP contribution in [0.5, 0.6) is 5.75 Å². The second-order valence-electron chi connectivity index (χ2n) is 9.61. The lowest BCUT2D eigenvalue weighted by atomic mass is 10.1. The number of nitro benzene ring substituents is 1. The van der Waals surface area contributed by atoms with Crippen molar-refractivity contribution < 1.29 is 71.8 Å². The summed E-state index contributed by atoms with van der Waals surface area (Å²) in [6.07, 6.45) is -10.5. The van der Waals surface area contributed by atoms with Gasteiger partial charge in [0.25, 0.3) is 11.2 Å². The fraction of sp³-hybridized carbons (Fsp3) is 0.476. The molecule has 0 bridgehead atoms. The molecule has 2 fully saturated rings. The smallest absolute Gasteiger partial charge is 0.462 e. The number of phosphoric acid groups is 2. The quantitative estimate of drug-likeness (QED) is 0.0644. The molecule has 0 aliphatic carbocycles. The van der Waals surface area contributed by atoms with Gasteiger partial charge in [-0.25, -0.2) is 19.1 Å². The maximum atomic E-state index is 12.4. The predicted molar refractivity (Wildman–Crippen MR) is 141 cm³/mol.